The van der Waals surface area contributed by atoms with Crippen molar-refractivity contribution in [2.45, 2.75) is 43.9 Å². The molecule has 1 nitrogen and oxygen atoms in total. The van der Waals surface area contributed by atoms with E-state index in [1.807, 2.05) is 36.4 Å². The second-order valence-electron chi connectivity index (χ2n) is 9.76. The van der Waals surface area contributed by atoms with Crippen LogP contribution in [0.2, 0.25) is 0 Å². The second kappa shape index (κ2) is 12.7. The van der Waals surface area contributed by atoms with E-state index in [9.17, 15) is 8.78 Å². The molecule has 1 saturated heterocycles. The van der Waals surface area contributed by atoms with Gasteiger partial charge < -0.3 is 0 Å². The normalized spacial score (nSPS) is 17.8. The van der Waals surface area contributed by atoms with Gasteiger partial charge in [0.25, 0.3) is 0 Å². The first-order chi connectivity index (χ1) is 19.0. The number of halogens is 4. The third kappa shape index (κ3) is 6.12. The van der Waals surface area contributed by atoms with Gasteiger partial charge in [-0.15, -0.1) is 0 Å². The van der Waals surface area contributed by atoms with Crippen LogP contribution in [-0.4, -0.2) is 11.0 Å². The summed E-state index contributed by atoms with van der Waals surface area (Å²) in [6.45, 7) is 2.66. The second-order valence-corrected chi connectivity index (χ2v) is 14.6. The first kappa shape index (κ1) is 28.0. The Bertz CT molecular complexity index is 1290. The first-order valence-electron chi connectivity index (χ1n) is 13.3. The van der Waals surface area contributed by atoms with Crippen molar-refractivity contribution in [3.63, 3.8) is 0 Å². The molecule has 202 valence electrons. The van der Waals surface area contributed by atoms with Gasteiger partial charge in [-0.05, 0) is 74.9 Å². The van der Waals surface area contributed by atoms with Crippen molar-refractivity contribution in [1.82, 2.24) is 4.44 Å². The van der Waals surface area contributed by atoms with Crippen molar-refractivity contribution >= 4 is 26.8 Å². The van der Waals surface area contributed by atoms with Crippen LogP contribution in [0.1, 0.15) is 55.1 Å². The maximum Gasteiger partial charge on any atom is 0.132 e. The molecular weight excluding hydrogens is 536 g/mol. The van der Waals surface area contributed by atoms with E-state index in [0.29, 0.717) is 6.54 Å². The third-order valence-electron chi connectivity index (χ3n) is 7.20. The standard InChI is InChI=1S/C32H31F4NP2/c1-2-3-20-37(39(31-21-25(33)14-16-27(31)35)32-22-26(34)15-17-28(32)36)38-29(23-10-6-4-7-11-23)18-19-30(38)24-12-8-5-9-13-24/h4-17,21-22,29-30H,2-3,18-20H2,1H3/t29-,30-/m0/s1. The summed E-state index contributed by atoms with van der Waals surface area (Å²) in [5.74, 6) is -2.39. The molecular formula is C32H31F4NP2. The zero-order valence-electron chi connectivity index (χ0n) is 21.8. The molecule has 7 heteroatoms. The van der Waals surface area contributed by atoms with Gasteiger partial charge in [0.15, 0.2) is 0 Å². The van der Waals surface area contributed by atoms with Crippen LogP contribution in [0, 0.1) is 23.3 Å². The van der Waals surface area contributed by atoms with E-state index in [0.717, 1.165) is 49.9 Å². The van der Waals surface area contributed by atoms with Crippen LogP contribution in [0.15, 0.2) is 97.1 Å². The molecule has 0 saturated carbocycles. The van der Waals surface area contributed by atoms with Crippen LogP contribution in [0.25, 0.3) is 0 Å². The average molecular weight is 568 g/mol. The molecule has 0 unspecified atom stereocenters. The maximum atomic E-state index is 15.6. The molecule has 0 aromatic heterocycles. The fourth-order valence-corrected chi connectivity index (χ4v) is 12.9. The third-order valence-corrected chi connectivity index (χ3v) is 13.7. The summed E-state index contributed by atoms with van der Waals surface area (Å²) in [5.41, 5.74) is 2.69. The number of hydrogen-bond acceptors (Lipinski definition) is 1. The molecule has 5 rings (SSSR count). The first-order valence-corrected chi connectivity index (χ1v) is 16.1. The molecule has 2 atom stereocenters. The van der Waals surface area contributed by atoms with Crippen LogP contribution in [-0.2, 0) is 0 Å². The van der Waals surface area contributed by atoms with E-state index in [2.05, 4.69) is 35.6 Å². The molecule has 1 heterocycles. The fraction of sp³-hybridized carbons (Fsp3) is 0.250. The van der Waals surface area contributed by atoms with Gasteiger partial charge in [-0.25, -0.2) is 17.6 Å². The fourth-order valence-electron chi connectivity index (χ4n) is 5.40. The van der Waals surface area contributed by atoms with Crippen LogP contribution in [0.5, 0.6) is 0 Å². The van der Waals surface area contributed by atoms with Gasteiger partial charge in [0, 0.05) is 36.5 Å². The van der Waals surface area contributed by atoms with Crippen molar-refractivity contribution in [2.75, 3.05) is 6.54 Å². The van der Waals surface area contributed by atoms with Gasteiger partial charge in [-0.1, -0.05) is 74.0 Å². The van der Waals surface area contributed by atoms with E-state index in [-0.39, 0.29) is 21.9 Å². The summed E-state index contributed by atoms with van der Waals surface area (Å²) in [6.07, 6.45) is 3.54. The molecule has 0 amide bonds. The molecule has 0 spiro atoms. The molecule has 0 N–H and O–H groups in total. The summed E-state index contributed by atoms with van der Waals surface area (Å²) in [7, 11) is -2.96. The topological polar surface area (TPSA) is 3.24 Å². The largest absolute Gasteiger partial charge is 0.251 e. The van der Waals surface area contributed by atoms with Gasteiger partial charge in [0.2, 0.25) is 0 Å². The lowest BCUT2D eigenvalue weighted by atomic mass is 10.0. The minimum absolute atomic E-state index is 0.0960. The van der Waals surface area contributed by atoms with Crippen LogP contribution < -0.4 is 10.6 Å². The Hall–Kier alpha value is -2.58. The highest BCUT2D eigenvalue weighted by Gasteiger charge is 2.45. The molecule has 1 aliphatic heterocycles. The Labute approximate surface area is 230 Å². The number of nitrogens with zero attached hydrogens (tertiary/aromatic N) is 1. The van der Waals surface area contributed by atoms with E-state index in [4.69, 9.17) is 0 Å². The maximum absolute atomic E-state index is 15.6. The minimum atomic E-state index is -1.91. The van der Waals surface area contributed by atoms with Crippen LogP contribution >= 0.6 is 16.1 Å². The van der Waals surface area contributed by atoms with Crippen molar-refractivity contribution in [2.24, 2.45) is 0 Å². The minimum Gasteiger partial charge on any atom is -0.251 e. The number of rotatable bonds is 9. The van der Waals surface area contributed by atoms with Crippen molar-refractivity contribution in [3.8, 4) is 0 Å². The monoisotopic (exact) mass is 567 g/mol. The van der Waals surface area contributed by atoms with Gasteiger partial charge in [-0.3, -0.25) is 4.44 Å². The smallest absolute Gasteiger partial charge is 0.132 e. The van der Waals surface area contributed by atoms with Gasteiger partial charge in [0.1, 0.15) is 23.3 Å². The summed E-state index contributed by atoms with van der Waals surface area (Å²) < 4.78 is 62.7. The Morgan fingerprint density at radius 2 is 1.15 bits per heavy atom. The summed E-state index contributed by atoms with van der Waals surface area (Å²) in [6, 6.07) is 27.3. The molecule has 4 aromatic carbocycles. The Morgan fingerprint density at radius 1 is 0.692 bits per heavy atom. The predicted octanol–water partition coefficient (Wildman–Crippen LogP) is 9.37. The van der Waals surface area contributed by atoms with Crippen molar-refractivity contribution in [3.05, 3.63) is 131 Å². The highest BCUT2D eigenvalue weighted by molar-refractivity contribution is 7.79. The van der Waals surface area contributed by atoms with E-state index < -0.39 is 39.4 Å². The molecule has 39 heavy (non-hydrogen) atoms. The van der Waals surface area contributed by atoms with Crippen molar-refractivity contribution < 1.29 is 17.6 Å². The lowest BCUT2D eigenvalue weighted by molar-refractivity contribution is 0.598. The van der Waals surface area contributed by atoms with E-state index in [1.165, 1.54) is 23.3 Å². The Balaban J connectivity index is 1.74. The summed E-state index contributed by atoms with van der Waals surface area (Å²) in [4.78, 5) is 0. The highest BCUT2D eigenvalue weighted by Crippen LogP contribution is 2.76. The summed E-state index contributed by atoms with van der Waals surface area (Å²) in [5, 5.41) is 0.192. The Morgan fingerprint density at radius 3 is 1.59 bits per heavy atom. The Kier molecular flexibility index (Phi) is 9.13. The van der Waals surface area contributed by atoms with Gasteiger partial charge in [-0.2, -0.15) is 0 Å². The zero-order valence-corrected chi connectivity index (χ0v) is 23.6. The number of benzene rings is 4. The molecule has 0 radical (unpaired) electrons. The van der Waals surface area contributed by atoms with Gasteiger partial charge >= 0.3 is 0 Å². The van der Waals surface area contributed by atoms with E-state index >= 15 is 8.78 Å². The highest BCUT2D eigenvalue weighted by atomic mass is 31.2. The lowest BCUT2D eigenvalue weighted by Crippen LogP contribution is -2.31. The quantitative estimate of drug-likeness (QED) is 0.144. The number of hydrogen-bond donors (Lipinski definition) is 0. The molecule has 1 aliphatic rings. The number of unbranched alkanes of at least 4 members (excludes halogenated alkanes) is 1. The van der Waals surface area contributed by atoms with Crippen molar-refractivity contribution in [1.29, 1.82) is 0 Å². The van der Waals surface area contributed by atoms with E-state index in [1.54, 1.807) is 0 Å². The molecule has 0 bridgehead atoms. The lowest BCUT2D eigenvalue weighted by Gasteiger charge is -2.42. The predicted molar refractivity (Wildman–Crippen MR) is 155 cm³/mol. The SMILES string of the molecule is CCCCN(P(c1cc(F)ccc1F)c1cc(F)ccc1F)P1[C@H](c2ccccc2)CC[C@H]1c1ccccc1. The summed E-state index contributed by atoms with van der Waals surface area (Å²) >= 11 is 0. The van der Waals surface area contributed by atoms with Gasteiger partial charge in [0.05, 0.1) is 0 Å². The zero-order chi connectivity index (χ0) is 27.4. The molecule has 0 aliphatic carbocycles. The molecule has 1 fully saturated rings. The molecule has 4 aromatic rings. The van der Waals surface area contributed by atoms with Crippen LogP contribution in [0.3, 0.4) is 0 Å². The average Bonchev–Trinajstić information content (AvgIpc) is 3.40. The van der Waals surface area contributed by atoms with Crippen LogP contribution in [0.4, 0.5) is 17.6 Å².